The van der Waals surface area contributed by atoms with E-state index in [1.54, 1.807) is 19.1 Å². The molecule has 0 aliphatic heterocycles. The van der Waals surface area contributed by atoms with E-state index in [2.05, 4.69) is 5.32 Å². The molecule has 0 radical (unpaired) electrons. The zero-order valence-electron chi connectivity index (χ0n) is 10.6. The third-order valence-electron chi connectivity index (χ3n) is 2.80. The summed E-state index contributed by atoms with van der Waals surface area (Å²) in [5.74, 6) is -0.371. The van der Waals surface area contributed by atoms with Gasteiger partial charge in [-0.05, 0) is 36.8 Å². The minimum Gasteiger partial charge on any atom is -0.508 e. The van der Waals surface area contributed by atoms with Crippen molar-refractivity contribution in [3.05, 3.63) is 51.5 Å². The maximum atomic E-state index is 12.1. The molecule has 0 saturated carbocycles. The Kier molecular flexibility index (Phi) is 4.06. The molecule has 2 rings (SSSR count). The lowest BCUT2D eigenvalue weighted by molar-refractivity contribution is 0.102. The van der Waals surface area contributed by atoms with E-state index in [0.29, 0.717) is 21.8 Å². The molecular formula is C14H12Cl2N2O2. The van der Waals surface area contributed by atoms with E-state index in [9.17, 15) is 9.90 Å². The van der Waals surface area contributed by atoms with Crippen LogP contribution in [-0.2, 0) is 0 Å². The molecule has 0 saturated heterocycles. The fourth-order valence-electron chi connectivity index (χ4n) is 1.66. The second-order valence-corrected chi connectivity index (χ2v) is 5.15. The summed E-state index contributed by atoms with van der Waals surface area (Å²) in [6.45, 7) is 1.74. The number of rotatable bonds is 2. The van der Waals surface area contributed by atoms with Gasteiger partial charge in [0.1, 0.15) is 5.75 Å². The van der Waals surface area contributed by atoms with Gasteiger partial charge in [-0.3, -0.25) is 4.79 Å². The van der Waals surface area contributed by atoms with Gasteiger partial charge in [-0.2, -0.15) is 0 Å². The lowest BCUT2D eigenvalue weighted by atomic mass is 10.1. The van der Waals surface area contributed by atoms with Crippen LogP contribution in [0.4, 0.5) is 11.4 Å². The third-order valence-corrected chi connectivity index (χ3v) is 3.31. The molecule has 104 valence electrons. The Bertz CT molecular complexity index is 664. The molecule has 0 spiro atoms. The van der Waals surface area contributed by atoms with Gasteiger partial charge in [-0.1, -0.05) is 29.3 Å². The van der Waals surface area contributed by atoms with Crippen molar-refractivity contribution in [2.24, 2.45) is 0 Å². The average Bonchev–Trinajstić information content (AvgIpc) is 2.36. The van der Waals surface area contributed by atoms with Crippen molar-refractivity contribution in [2.75, 3.05) is 11.1 Å². The lowest BCUT2D eigenvalue weighted by Gasteiger charge is -2.11. The maximum Gasteiger partial charge on any atom is 0.255 e. The van der Waals surface area contributed by atoms with E-state index < -0.39 is 5.91 Å². The number of carbonyl (C=O) groups is 1. The van der Waals surface area contributed by atoms with Crippen LogP contribution in [0, 0.1) is 6.92 Å². The summed E-state index contributed by atoms with van der Waals surface area (Å²) < 4.78 is 0. The zero-order chi connectivity index (χ0) is 14.9. The van der Waals surface area contributed by atoms with E-state index in [4.69, 9.17) is 28.9 Å². The number of nitrogens with two attached hydrogens (primary N) is 1. The molecule has 0 aromatic heterocycles. The minimum atomic E-state index is -0.420. The van der Waals surface area contributed by atoms with Crippen LogP contribution in [0.25, 0.3) is 0 Å². The molecule has 0 aliphatic rings. The monoisotopic (exact) mass is 310 g/mol. The SMILES string of the molecule is Cc1ccc(C(=O)Nc2c(N)cc(Cl)cc2Cl)cc1O. The Morgan fingerprint density at radius 2 is 1.95 bits per heavy atom. The molecule has 0 heterocycles. The fourth-order valence-corrected chi connectivity index (χ4v) is 2.22. The van der Waals surface area contributed by atoms with Crippen LogP contribution in [0.15, 0.2) is 30.3 Å². The van der Waals surface area contributed by atoms with Gasteiger partial charge in [-0.15, -0.1) is 0 Å². The van der Waals surface area contributed by atoms with Crippen LogP contribution in [0.5, 0.6) is 5.75 Å². The molecule has 0 bridgehead atoms. The van der Waals surface area contributed by atoms with Crippen molar-refractivity contribution >= 4 is 40.5 Å². The zero-order valence-corrected chi connectivity index (χ0v) is 12.1. The van der Waals surface area contributed by atoms with Crippen molar-refractivity contribution in [1.82, 2.24) is 0 Å². The molecule has 0 fully saturated rings. The molecule has 2 aromatic carbocycles. The highest BCUT2D eigenvalue weighted by molar-refractivity contribution is 6.37. The summed E-state index contributed by atoms with van der Waals surface area (Å²) >= 11 is 11.8. The van der Waals surface area contributed by atoms with E-state index in [1.165, 1.54) is 18.2 Å². The van der Waals surface area contributed by atoms with E-state index in [-0.39, 0.29) is 16.5 Å². The van der Waals surface area contributed by atoms with E-state index in [1.807, 2.05) is 0 Å². The number of carbonyl (C=O) groups excluding carboxylic acids is 1. The number of nitrogen functional groups attached to an aromatic ring is 1. The minimum absolute atomic E-state index is 0.0489. The van der Waals surface area contributed by atoms with Gasteiger partial charge < -0.3 is 16.2 Å². The number of hydrogen-bond acceptors (Lipinski definition) is 3. The largest absolute Gasteiger partial charge is 0.508 e. The Balaban J connectivity index is 2.30. The summed E-state index contributed by atoms with van der Waals surface area (Å²) in [6, 6.07) is 7.61. The number of phenolic OH excluding ortho intramolecular Hbond substituents is 1. The smallest absolute Gasteiger partial charge is 0.255 e. The van der Waals surface area contributed by atoms with Crippen molar-refractivity contribution in [3.8, 4) is 5.75 Å². The molecular weight excluding hydrogens is 299 g/mol. The predicted octanol–water partition coefficient (Wildman–Crippen LogP) is 3.84. The maximum absolute atomic E-state index is 12.1. The third kappa shape index (κ3) is 2.98. The standard InChI is InChI=1S/C14H12Cl2N2O2/c1-7-2-3-8(4-12(7)19)14(20)18-13-10(16)5-9(15)6-11(13)17/h2-6,19H,17H2,1H3,(H,18,20). The molecule has 0 aliphatic carbocycles. The summed E-state index contributed by atoms with van der Waals surface area (Å²) in [4.78, 5) is 12.1. The second kappa shape index (κ2) is 5.61. The van der Waals surface area contributed by atoms with Crippen molar-refractivity contribution in [1.29, 1.82) is 0 Å². The molecule has 0 unspecified atom stereocenters. The summed E-state index contributed by atoms with van der Waals surface area (Å²) in [5, 5.41) is 12.9. The lowest BCUT2D eigenvalue weighted by Crippen LogP contribution is -2.13. The summed E-state index contributed by atoms with van der Waals surface area (Å²) in [5.41, 5.74) is 7.32. The first-order valence-electron chi connectivity index (χ1n) is 5.74. The van der Waals surface area contributed by atoms with Gasteiger partial charge in [-0.25, -0.2) is 0 Å². The fraction of sp³-hybridized carbons (Fsp3) is 0.0714. The summed E-state index contributed by atoms with van der Waals surface area (Å²) in [6.07, 6.45) is 0. The van der Waals surface area contributed by atoms with Gasteiger partial charge in [0.15, 0.2) is 0 Å². The van der Waals surface area contributed by atoms with Gasteiger partial charge in [0.05, 0.1) is 16.4 Å². The number of benzene rings is 2. The molecule has 1 amide bonds. The first-order chi connectivity index (χ1) is 9.38. The Morgan fingerprint density at radius 1 is 1.25 bits per heavy atom. The van der Waals surface area contributed by atoms with E-state index in [0.717, 1.165) is 0 Å². The Labute approximate surface area is 126 Å². The molecule has 4 nitrogen and oxygen atoms in total. The number of aryl methyl sites for hydroxylation is 1. The van der Waals surface area contributed by atoms with Gasteiger partial charge in [0, 0.05) is 10.6 Å². The van der Waals surface area contributed by atoms with Crippen LogP contribution in [-0.4, -0.2) is 11.0 Å². The van der Waals surface area contributed by atoms with Crippen LogP contribution in [0.3, 0.4) is 0 Å². The van der Waals surface area contributed by atoms with Gasteiger partial charge in [0.25, 0.3) is 5.91 Å². The van der Waals surface area contributed by atoms with Crippen LogP contribution < -0.4 is 11.1 Å². The highest BCUT2D eigenvalue weighted by atomic mass is 35.5. The van der Waals surface area contributed by atoms with Crippen molar-refractivity contribution < 1.29 is 9.90 Å². The average molecular weight is 311 g/mol. The quantitative estimate of drug-likeness (QED) is 0.738. The normalized spacial score (nSPS) is 10.3. The predicted molar refractivity (Wildman–Crippen MR) is 81.7 cm³/mol. The van der Waals surface area contributed by atoms with Crippen LogP contribution in [0.2, 0.25) is 10.0 Å². The van der Waals surface area contributed by atoms with E-state index >= 15 is 0 Å². The number of aromatic hydroxyl groups is 1. The van der Waals surface area contributed by atoms with Crippen LogP contribution in [0.1, 0.15) is 15.9 Å². The first kappa shape index (κ1) is 14.5. The number of halogens is 2. The Morgan fingerprint density at radius 3 is 2.55 bits per heavy atom. The highest BCUT2D eigenvalue weighted by Gasteiger charge is 2.13. The van der Waals surface area contributed by atoms with Gasteiger partial charge >= 0.3 is 0 Å². The highest BCUT2D eigenvalue weighted by Crippen LogP contribution is 2.32. The number of amides is 1. The Hall–Kier alpha value is -1.91. The van der Waals surface area contributed by atoms with Crippen molar-refractivity contribution in [3.63, 3.8) is 0 Å². The second-order valence-electron chi connectivity index (χ2n) is 4.31. The van der Waals surface area contributed by atoms with Crippen molar-refractivity contribution in [2.45, 2.75) is 6.92 Å². The number of phenols is 1. The number of nitrogens with one attached hydrogen (secondary N) is 1. The topological polar surface area (TPSA) is 75.4 Å². The molecule has 6 heteroatoms. The molecule has 20 heavy (non-hydrogen) atoms. The molecule has 0 atom stereocenters. The summed E-state index contributed by atoms with van der Waals surface area (Å²) in [7, 11) is 0. The van der Waals surface area contributed by atoms with Gasteiger partial charge in [0.2, 0.25) is 0 Å². The number of anilines is 2. The van der Waals surface area contributed by atoms with Crippen LogP contribution >= 0.6 is 23.2 Å². The number of hydrogen-bond donors (Lipinski definition) is 3. The molecule has 2 aromatic rings. The molecule has 4 N–H and O–H groups in total. The first-order valence-corrected chi connectivity index (χ1v) is 6.49.